The van der Waals surface area contributed by atoms with Crippen LogP contribution in [0.25, 0.3) is 6.08 Å². The van der Waals surface area contributed by atoms with Crippen LogP contribution in [0, 0.1) is 5.92 Å². The van der Waals surface area contributed by atoms with Crippen LogP contribution in [0.5, 0.6) is 5.75 Å². The molecule has 1 fully saturated rings. The van der Waals surface area contributed by atoms with Crippen molar-refractivity contribution in [3.63, 3.8) is 0 Å². The van der Waals surface area contributed by atoms with Crippen molar-refractivity contribution in [1.82, 2.24) is 0 Å². The Bertz CT molecular complexity index is 938. The number of phenols is 1. The summed E-state index contributed by atoms with van der Waals surface area (Å²) < 4.78 is 31.7. The second-order valence-corrected chi connectivity index (χ2v) is 8.29. The van der Waals surface area contributed by atoms with Crippen molar-refractivity contribution < 1.29 is 33.3 Å². The lowest BCUT2D eigenvalue weighted by atomic mass is 9.99. The van der Waals surface area contributed by atoms with Gasteiger partial charge in [0, 0.05) is 24.7 Å². The molecule has 2 heterocycles. The Morgan fingerprint density at radius 2 is 1.90 bits per heavy atom. The molecule has 1 aromatic carbocycles. The van der Waals surface area contributed by atoms with Crippen molar-refractivity contribution in [2.45, 2.75) is 58.2 Å². The number of fused-ring (bicyclic) bond motifs is 2. The number of hydrogen-bond acceptors (Lipinski definition) is 7. The van der Waals surface area contributed by atoms with Gasteiger partial charge >= 0.3 is 5.97 Å². The largest absolute Gasteiger partial charge is 0.507 e. The highest BCUT2D eigenvalue weighted by molar-refractivity contribution is 5.98. The highest BCUT2D eigenvalue weighted by atomic mass is 19.1. The topological polar surface area (TPSA) is 94.1 Å². The van der Waals surface area contributed by atoms with E-state index in [0.717, 1.165) is 6.08 Å². The lowest BCUT2D eigenvalue weighted by Gasteiger charge is -2.20. The highest BCUT2D eigenvalue weighted by Gasteiger charge is 2.45. The molecular weight excluding hydrogens is 405 g/mol. The van der Waals surface area contributed by atoms with Crippen molar-refractivity contribution >= 4 is 23.5 Å². The van der Waals surface area contributed by atoms with Gasteiger partial charge in [0.05, 0.1) is 6.10 Å². The van der Waals surface area contributed by atoms with E-state index in [4.69, 9.17) is 14.2 Å². The maximum absolute atomic E-state index is 14.7. The number of cyclic esters (lactones) is 1. The molecular formula is C23H28FNO6. The summed E-state index contributed by atoms with van der Waals surface area (Å²) in [7, 11) is 1.69. The van der Waals surface area contributed by atoms with E-state index in [9.17, 15) is 19.1 Å². The minimum Gasteiger partial charge on any atom is -0.507 e. The fraction of sp³-hybridized carbons (Fsp3) is 0.478. The molecule has 4 atom stereocenters. The Morgan fingerprint density at radius 3 is 2.58 bits per heavy atom. The molecule has 1 saturated heterocycles. The zero-order valence-electron chi connectivity index (χ0n) is 18.3. The number of carbonyl (C=O) groups is 2. The molecule has 2 aliphatic heterocycles. The van der Waals surface area contributed by atoms with Crippen LogP contribution in [0.2, 0.25) is 0 Å². The van der Waals surface area contributed by atoms with E-state index in [1.807, 2.05) is 0 Å². The summed E-state index contributed by atoms with van der Waals surface area (Å²) in [6.07, 6.45) is 2.14. The van der Waals surface area contributed by atoms with Crippen LogP contribution in [0.4, 0.5) is 10.1 Å². The summed E-state index contributed by atoms with van der Waals surface area (Å²) >= 11 is 0. The van der Waals surface area contributed by atoms with Gasteiger partial charge in [-0.2, -0.15) is 0 Å². The SMILES string of the molecule is CNc1cc(O)c2c(c1)C=CC[C@@H]1OC(C)(C)O[C@@H]1C(=O)C(F)=C[C@@H](C)[C@H](C)OC2=O. The van der Waals surface area contributed by atoms with Gasteiger partial charge in [-0.25, -0.2) is 9.18 Å². The maximum atomic E-state index is 14.7. The van der Waals surface area contributed by atoms with E-state index in [-0.39, 0.29) is 17.7 Å². The summed E-state index contributed by atoms with van der Waals surface area (Å²) in [5.41, 5.74) is 1.05. The van der Waals surface area contributed by atoms with Crippen LogP contribution in [-0.2, 0) is 19.0 Å². The Morgan fingerprint density at radius 1 is 1.19 bits per heavy atom. The minimum absolute atomic E-state index is 0.00681. The second kappa shape index (κ2) is 8.80. The molecule has 2 N–H and O–H groups in total. The third-order valence-electron chi connectivity index (χ3n) is 5.43. The van der Waals surface area contributed by atoms with E-state index < -0.39 is 47.6 Å². The van der Waals surface area contributed by atoms with Gasteiger partial charge < -0.3 is 24.6 Å². The Labute approximate surface area is 180 Å². The van der Waals surface area contributed by atoms with E-state index in [1.165, 1.54) is 6.07 Å². The number of carbonyl (C=O) groups excluding carboxylic acids is 2. The van der Waals surface area contributed by atoms with Crippen LogP contribution < -0.4 is 5.32 Å². The van der Waals surface area contributed by atoms with Gasteiger partial charge in [-0.15, -0.1) is 0 Å². The van der Waals surface area contributed by atoms with Gasteiger partial charge in [-0.3, -0.25) is 4.79 Å². The van der Waals surface area contributed by atoms with E-state index in [1.54, 1.807) is 53.0 Å². The maximum Gasteiger partial charge on any atom is 0.342 e. The van der Waals surface area contributed by atoms with Gasteiger partial charge in [-0.1, -0.05) is 19.1 Å². The Kier molecular flexibility index (Phi) is 6.52. The third-order valence-corrected chi connectivity index (χ3v) is 5.43. The molecule has 1 aromatic rings. The number of anilines is 1. The quantitative estimate of drug-likeness (QED) is 0.647. The van der Waals surface area contributed by atoms with E-state index in [0.29, 0.717) is 11.3 Å². The fourth-order valence-corrected chi connectivity index (χ4v) is 3.63. The first-order chi connectivity index (χ1) is 14.5. The summed E-state index contributed by atoms with van der Waals surface area (Å²) in [6, 6.07) is 3.13. The number of Topliss-reactive ketones (excluding diaryl/α,β-unsaturated/α-hetero) is 1. The number of aromatic hydroxyl groups is 1. The molecule has 0 aromatic heterocycles. The average molecular weight is 433 g/mol. The fourth-order valence-electron chi connectivity index (χ4n) is 3.63. The highest BCUT2D eigenvalue weighted by Crippen LogP contribution is 2.34. The standard InChI is InChI=1S/C23H28FNO6/c1-12-9-16(24)20(27)21-18(30-23(3,4)31-21)8-6-7-14-10-15(25-5)11-17(26)19(14)22(28)29-13(12)2/h6-7,9-13,18,21,25-26H,8H2,1-5H3/t12-,13+,18+,21+/m1/s1. The van der Waals surface area contributed by atoms with Crippen molar-refractivity contribution in [3.05, 3.63) is 41.2 Å². The number of ketones is 1. The number of esters is 1. The van der Waals surface area contributed by atoms with Gasteiger partial charge in [0.1, 0.15) is 17.4 Å². The van der Waals surface area contributed by atoms with Crippen LogP contribution in [0.3, 0.4) is 0 Å². The summed E-state index contributed by atoms with van der Waals surface area (Å²) in [6.45, 7) is 6.56. The van der Waals surface area contributed by atoms with E-state index in [2.05, 4.69) is 5.32 Å². The first-order valence-corrected chi connectivity index (χ1v) is 10.2. The molecule has 0 unspecified atom stereocenters. The molecule has 0 amide bonds. The van der Waals surface area contributed by atoms with Crippen molar-refractivity contribution in [2.75, 3.05) is 12.4 Å². The van der Waals surface area contributed by atoms with Gasteiger partial charge in [-0.05, 0) is 44.9 Å². The number of ether oxygens (including phenoxy) is 3. The predicted molar refractivity (Wildman–Crippen MR) is 113 cm³/mol. The Balaban J connectivity index is 2.08. The summed E-state index contributed by atoms with van der Waals surface area (Å²) in [5.74, 6) is -4.38. The normalized spacial score (nSPS) is 28.8. The summed E-state index contributed by atoms with van der Waals surface area (Å²) in [5, 5.41) is 13.4. The zero-order chi connectivity index (χ0) is 22.9. The van der Waals surface area contributed by atoms with Crippen molar-refractivity contribution in [3.8, 4) is 5.75 Å². The first kappa shape index (κ1) is 23.0. The lowest BCUT2D eigenvalue weighted by Crippen LogP contribution is -2.32. The molecule has 31 heavy (non-hydrogen) atoms. The smallest absolute Gasteiger partial charge is 0.342 e. The molecule has 0 bridgehead atoms. The number of hydrogen-bond donors (Lipinski definition) is 2. The van der Waals surface area contributed by atoms with Crippen molar-refractivity contribution in [1.29, 1.82) is 0 Å². The minimum atomic E-state index is -1.10. The van der Waals surface area contributed by atoms with Gasteiger partial charge in [0.2, 0.25) is 5.78 Å². The lowest BCUT2D eigenvalue weighted by molar-refractivity contribution is -0.153. The molecule has 8 heteroatoms. The second-order valence-electron chi connectivity index (χ2n) is 8.29. The van der Waals surface area contributed by atoms with Gasteiger partial charge in [0.15, 0.2) is 17.7 Å². The summed E-state index contributed by atoms with van der Waals surface area (Å²) in [4.78, 5) is 25.5. The number of rotatable bonds is 1. The molecule has 0 radical (unpaired) electrons. The monoisotopic (exact) mass is 433 g/mol. The third kappa shape index (κ3) is 4.97. The van der Waals surface area contributed by atoms with Crippen LogP contribution in [-0.4, -0.2) is 48.0 Å². The molecule has 0 spiro atoms. The van der Waals surface area contributed by atoms with E-state index >= 15 is 0 Å². The molecule has 168 valence electrons. The molecule has 0 saturated carbocycles. The predicted octanol–water partition coefficient (Wildman–Crippen LogP) is 3.97. The van der Waals surface area contributed by atoms with Gasteiger partial charge in [0.25, 0.3) is 0 Å². The average Bonchev–Trinajstić information content (AvgIpc) is 3.00. The van der Waals surface area contributed by atoms with Crippen molar-refractivity contribution in [2.24, 2.45) is 5.92 Å². The van der Waals surface area contributed by atoms with Crippen LogP contribution >= 0.6 is 0 Å². The Hall–Kier alpha value is -2.71. The number of nitrogens with one attached hydrogen (secondary N) is 1. The molecule has 3 rings (SSSR count). The number of phenolic OH excluding ortho intramolecular Hbond substituents is 1. The molecule has 7 nitrogen and oxygen atoms in total. The van der Waals surface area contributed by atoms with Crippen LogP contribution in [0.15, 0.2) is 30.1 Å². The molecule has 0 aliphatic carbocycles. The van der Waals surface area contributed by atoms with Crippen LogP contribution in [0.1, 0.15) is 50.0 Å². The first-order valence-electron chi connectivity index (χ1n) is 10.2. The zero-order valence-corrected chi connectivity index (χ0v) is 18.3. The molecule has 2 aliphatic rings. The number of halogens is 1. The number of benzene rings is 1.